The summed E-state index contributed by atoms with van der Waals surface area (Å²) in [4.78, 5) is 51.6. The van der Waals surface area contributed by atoms with Gasteiger partial charge in [0.05, 0.1) is 11.1 Å². The molecule has 0 aliphatic rings. The van der Waals surface area contributed by atoms with Crippen LogP contribution >= 0.6 is 0 Å². The fourth-order valence-corrected chi connectivity index (χ4v) is 0.918. The first-order valence-electron chi connectivity index (χ1n) is 4.96. The molecule has 10 nitrogen and oxygen atoms in total. The molecule has 0 saturated heterocycles. The lowest BCUT2D eigenvalue weighted by atomic mass is 10.4. The minimum atomic E-state index is -1.11. The summed E-state index contributed by atoms with van der Waals surface area (Å²) in [6, 6.07) is 0. The summed E-state index contributed by atoms with van der Waals surface area (Å²) in [5, 5.41) is 16.6. The Morgan fingerprint density at radius 3 is 1.40 bits per heavy atom. The molecule has 4 N–H and O–H groups in total. The third-order valence-corrected chi connectivity index (χ3v) is 1.84. The van der Waals surface area contributed by atoms with E-state index in [1.54, 1.807) is 0 Å². The van der Waals surface area contributed by atoms with E-state index in [9.17, 15) is 19.2 Å². The van der Waals surface area contributed by atoms with Crippen LogP contribution < -0.4 is 11.4 Å². The van der Waals surface area contributed by atoms with Gasteiger partial charge in [-0.2, -0.15) is 0 Å². The zero-order valence-electron chi connectivity index (χ0n) is 9.73. The fourth-order valence-electron chi connectivity index (χ4n) is 0.918. The van der Waals surface area contributed by atoms with Crippen molar-refractivity contribution in [3.8, 4) is 0 Å². The summed E-state index contributed by atoms with van der Waals surface area (Å²) >= 11 is 0. The van der Waals surface area contributed by atoms with E-state index in [2.05, 4.69) is 19.9 Å². The molecule has 0 saturated carbocycles. The van der Waals surface area contributed by atoms with Crippen LogP contribution in [0, 0.1) is 0 Å². The van der Waals surface area contributed by atoms with Crippen molar-refractivity contribution in [1.82, 2.24) is 19.9 Å². The van der Waals surface area contributed by atoms with Gasteiger partial charge in [-0.15, -0.1) is 0 Å². The molecule has 0 amide bonds. The predicted molar refractivity (Wildman–Crippen MR) is 63.6 cm³/mol. The molecule has 0 radical (unpaired) electrons. The number of carboxylic acids is 2. The van der Waals surface area contributed by atoms with Crippen molar-refractivity contribution in [2.45, 2.75) is 0 Å². The predicted octanol–water partition coefficient (Wildman–Crippen LogP) is -1.06. The van der Waals surface area contributed by atoms with Gasteiger partial charge in [0.2, 0.25) is 0 Å². The quantitative estimate of drug-likeness (QED) is 0.539. The molecular weight excluding hydrogens is 272 g/mol. The van der Waals surface area contributed by atoms with Gasteiger partial charge in [-0.05, 0) is 0 Å². The second-order valence-electron chi connectivity index (χ2n) is 3.23. The van der Waals surface area contributed by atoms with Crippen molar-refractivity contribution in [3.63, 3.8) is 0 Å². The molecule has 0 aliphatic heterocycles. The minimum absolute atomic E-state index is 0.0281. The Kier molecular flexibility index (Phi) is 4.86. The Hall–Kier alpha value is -3.30. The van der Waals surface area contributed by atoms with Gasteiger partial charge in [-0.25, -0.2) is 29.1 Å². The summed E-state index contributed by atoms with van der Waals surface area (Å²) in [6.07, 6.45) is 4.19. The molecule has 20 heavy (non-hydrogen) atoms. The van der Waals surface area contributed by atoms with Crippen LogP contribution in [0.15, 0.2) is 34.4 Å². The van der Waals surface area contributed by atoms with Crippen molar-refractivity contribution in [3.05, 3.63) is 56.9 Å². The number of hydrogen-bond acceptors (Lipinski definition) is 6. The van der Waals surface area contributed by atoms with Gasteiger partial charge in [0.15, 0.2) is 0 Å². The highest BCUT2D eigenvalue weighted by Gasteiger charge is 2.00. The van der Waals surface area contributed by atoms with Crippen LogP contribution in [0.5, 0.6) is 0 Å². The van der Waals surface area contributed by atoms with Gasteiger partial charge in [0, 0.05) is 24.8 Å². The Balaban J connectivity index is 0.000000200. The van der Waals surface area contributed by atoms with Crippen LogP contribution in [0.4, 0.5) is 0 Å². The van der Waals surface area contributed by atoms with Gasteiger partial charge in [0.1, 0.15) is 0 Å². The van der Waals surface area contributed by atoms with E-state index in [0.29, 0.717) is 0 Å². The highest BCUT2D eigenvalue weighted by Crippen LogP contribution is 1.88. The van der Waals surface area contributed by atoms with Crippen molar-refractivity contribution in [2.24, 2.45) is 0 Å². The standard InChI is InChI=1S/2C5H4N2O3/c2*8-4(9)3-1-6-5(10)7-2-3/h2*1-2H,(H,8,9)(H,6,7,10). The first kappa shape index (κ1) is 14.8. The fraction of sp³-hybridized carbons (Fsp3) is 0. The summed E-state index contributed by atoms with van der Waals surface area (Å²) in [5.74, 6) is -2.22. The lowest BCUT2D eigenvalue weighted by molar-refractivity contribution is 0.0685. The lowest BCUT2D eigenvalue weighted by Gasteiger charge is -1.87. The number of rotatable bonds is 2. The molecule has 0 atom stereocenters. The Bertz CT molecular complexity index is 631. The zero-order valence-corrected chi connectivity index (χ0v) is 9.73. The van der Waals surface area contributed by atoms with Gasteiger partial charge < -0.3 is 20.2 Å². The Morgan fingerprint density at radius 2 is 1.20 bits per heavy atom. The number of H-pyrrole nitrogens is 2. The molecule has 2 aromatic rings. The van der Waals surface area contributed by atoms with E-state index in [1.165, 1.54) is 0 Å². The average molecular weight is 280 g/mol. The third kappa shape index (κ3) is 4.52. The Morgan fingerprint density at radius 1 is 0.850 bits per heavy atom. The van der Waals surface area contributed by atoms with Crippen LogP contribution in [-0.2, 0) is 0 Å². The highest BCUT2D eigenvalue weighted by molar-refractivity contribution is 5.86. The summed E-state index contributed by atoms with van der Waals surface area (Å²) in [7, 11) is 0. The average Bonchev–Trinajstić information content (AvgIpc) is 2.40. The number of aromatic carboxylic acids is 2. The Labute approximate surface area is 109 Å². The normalized spacial score (nSPS) is 9.20. The maximum Gasteiger partial charge on any atom is 0.344 e. The van der Waals surface area contributed by atoms with Crippen LogP contribution in [0.25, 0.3) is 0 Å². The summed E-state index contributed by atoms with van der Waals surface area (Å²) in [6.45, 7) is 0. The van der Waals surface area contributed by atoms with E-state index in [0.717, 1.165) is 24.8 Å². The van der Waals surface area contributed by atoms with Gasteiger partial charge in [-0.3, -0.25) is 0 Å². The number of hydrogen-bond donors (Lipinski definition) is 4. The van der Waals surface area contributed by atoms with Crippen LogP contribution in [0.2, 0.25) is 0 Å². The molecule has 0 unspecified atom stereocenters. The molecule has 2 heterocycles. The van der Waals surface area contributed by atoms with E-state index in [1.807, 2.05) is 0 Å². The maximum atomic E-state index is 10.3. The van der Waals surface area contributed by atoms with Crippen LogP contribution in [-0.4, -0.2) is 42.1 Å². The van der Waals surface area contributed by atoms with Crippen molar-refractivity contribution in [1.29, 1.82) is 0 Å². The number of nitrogens with zero attached hydrogens (tertiary/aromatic N) is 2. The van der Waals surface area contributed by atoms with Gasteiger partial charge in [0.25, 0.3) is 0 Å². The molecule has 104 valence electrons. The third-order valence-electron chi connectivity index (χ3n) is 1.84. The van der Waals surface area contributed by atoms with Crippen LogP contribution in [0.1, 0.15) is 20.7 Å². The molecule has 2 aromatic heterocycles. The number of carbonyl (C=O) groups is 2. The monoisotopic (exact) mass is 280 g/mol. The molecule has 0 aromatic carbocycles. The molecule has 0 spiro atoms. The second kappa shape index (κ2) is 6.58. The molecule has 10 heteroatoms. The van der Waals surface area contributed by atoms with E-state index in [-0.39, 0.29) is 11.1 Å². The first-order valence-corrected chi connectivity index (χ1v) is 4.96. The topological polar surface area (TPSA) is 166 Å². The van der Waals surface area contributed by atoms with Crippen molar-refractivity contribution in [2.75, 3.05) is 0 Å². The lowest BCUT2D eigenvalue weighted by Crippen LogP contribution is -2.11. The minimum Gasteiger partial charge on any atom is -0.478 e. The first-order chi connectivity index (χ1) is 9.40. The summed E-state index contributed by atoms with van der Waals surface area (Å²) < 4.78 is 0. The number of aromatic nitrogens is 4. The van der Waals surface area contributed by atoms with Crippen LogP contribution in [0.3, 0.4) is 0 Å². The second-order valence-corrected chi connectivity index (χ2v) is 3.23. The molecule has 2 rings (SSSR count). The number of carboxylic acid groups (broad SMARTS) is 2. The van der Waals surface area contributed by atoms with E-state index >= 15 is 0 Å². The SMILES string of the molecule is O=C(O)c1cnc(=O)[nH]c1.O=C(O)c1cnc(=O)[nH]c1. The maximum absolute atomic E-state index is 10.3. The largest absolute Gasteiger partial charge is 0.478 e. The molecule has 0 bridgehead atoms. The van der Waals surface area contributed by atoms with Crippen molar-refractivity contribution >= 4 is 11.9 Å². The smallest absolute Gasteiger partial charge is 0.344 e. The number of nitrogens with one attached hydrogen (secondary N) is 2. The van der Waals surface area contributed by atoms with Gasteiger partial charge in [-0.1, -0.05) is 0 Å². The highest BCUT2D eigenvalue weighted by atomic mass is 16.4. The zero-order chi connectivity index (χ0) is 15.1. The van der Waals surface area contributed by atoms with Crippen molar-refractivity contribution < 1.29 is 19.8 Å². The van der Waals surface area contributed by atoms with E-state index in [4.69, 9.17) is 10.2 Å². The van der Waals surface area contributed by atoms with E-state index < -0.39 is 23.3 Å². The molecular formula is C10H8N4O6. The number of aromatic amines is 2. The van der Waals surface area contributed by atoms with Gasteiger partial charge >= 0.3 is 23.3 Å². The summed E-state index contributed by atoms with van der Waals surface area (Å²) in [5.41, 5.74) is -1.16. The molecule has 0 fully saturated rings. The molecule has 0 aliphatic carbocycles.